The van der Waals surface area contributed by atoms with Gasteiger partial charge in [-0.15, -0.1) is 0 Å². The van der Waals surface area contributed by atoms with E-state index in [2.05, 4.69) is 37.9 Å². The van der Waals surface area contributed by atoms with Crippen LogP contribution in [0.4, 0.5) is 0 Å². The molecule has 0 radical (unpaired) electrons. The molecule has 1 aliphatic carbocycles. The molecule has 0 unspecified atom stereocenters. The zero-order chi connectivity index (χ0) is 15.9. The number of hydrogen-bond acceptors (Lipinski definition) is 3. The van der Waals surface area contributed by atoms with Crippen LogP contribution in [0.2, 0.25) is 0 Å². The van der Waals surface area contributed by atoms with Gasteiger partial charge in [-0.25, -0.2) is 9.97 Å². The number of H-pyrrole nitrogens is 1. The molecular weight excluding hydrogens is 298 g/mol. The second kappa shape index (κ2) is 5.30. The van der Waals surface area contributed by atoms with Crippen LogP contribution in [-0.2, 0) is 6.54 Å². The van der Waals surface area contributed by atoms with E-state index < -0.39 is 0 Å². The third-order valence-corrected chi connectivity index (χ3v) is 4.50. The van der Waals surface area contributed by atoms with E-state index in [0.717, 1.165) is 28.2 Å². The van der Waals surface area contributed by atoms with Gasteiger partial charge >= 0.3 is 0 Å². The van der Waals surface area contributed by atoms with Crippen molar-refractivity contribution in [1.82, 2.24) is 24.7 Å². The second-order valence-electron chi connectivity index (χ2n) is 6.29. The fourth-order valence-electron chi connectivity index (χ4n) is 3.15. The largest absolute Gasteiger partial charge is 0.320 e. The van der Waals surface area contributed by atoms with E-state index in [-0.39, 0.29) is 0 Å². The minimum Gasteiger partial charge on any atom is -0.320 e. The van der Waals surface area contributed by atoms with E-state index in [4.69, 9.17) is 4.98 Å². The molecule has 1 aliphatic rings. The maximum Gasteiger partial charge on any atom is 0.181 e. The fourth-order valence-corrected chi connectivity index (χ4v) is 3.15. The molecule has 2 aromatic carbocycles. The molecule has 0 amide bonds. The van der Waals surface area contributed by atoms with E-state index in [1.165, 1.54) is 18.7 Å². The van der Waals surface area contributed by atoms with Gasteiger partial charge in [0.05, 0.1) is 17.6 Å². The normalized spacial score (nSPS) is 14.3. The van der Waals surface area contributed by atoms with Crippen LogP contribution in [0.25, 0.3) is 22.4 Å². The van der Waals surface area contributed by atoms with Crippen LogP contribution in [0.15, 0.2) is 54.6 Å². The van der Waals surface area contributed by atoms with Crippen molar-refractivity contribution in [3.63, 3.8) is 0 Å². The number of fused-ring (bicyclic) bond motifs is 1. The third-order valence-electron chi connectivity index (χ3n) is 4.50. The molecule has 5 nitrogen and oxygen atoms in total. The summed E-state index contributed by atoms with van der Waals surface area (Å²) in [5.41, 5.74) is 3.25. The second-order valence-corrected chi connectivity index (χ2v) is 6.29. The molecule has 2 heterocycles. The zero-order valence-electron chi connectivity index (χ0n) is 13.2. The van der Waals surface area contributed by atoms with Gasteiger partial charge in [0.25, 0.3) is 0 Å². The molecular formula is C19H17N5. The molecule has 0 saturated heterocycles. The van der Waals surface area contributed by atoms with Crippen molar-refractivity contribution in [3.05, 3.63) is 66.2 Å². The maximum atomic E-state index is 4.84. The first-order valence-corrected chi connectivity index (χ1v) is 8.30. The highest BCUT2D eigenvalue weighted by Gasteiger charge is 2.29. The third kappa shape index (κ3) is 2.29. The fraction of sp³-hybridized carbons (Fsp3) is 0.211. The number of imidazole rings is 1. The number of hydrogen-bond donors (Lipinski definition) is 1. The molecule has 0 atom stereocenters. The molecule has 5 rings (SSSR count). The summed E-state index contributed by atoms with van der Waals surface area (Å²) in [7, 11) is 0. The number of nitrogens with one attached hydrogen (secondary N) is 1. The Morgan fingerprint density at radius 2 is 1.75 bits per heavy atom. The quantitative estimate of drug-likeness (QED) is 0.624. The van der Waals surface area contributed by atoms with Crippen molar-refractivity contribution < 1.29 is 0 Å². The van der Waals surface area contributed by atoms with Gasteiger partial charge in [-0.3, -0.25) is 5.10 Å². The Balaban J connectivity index is 1.53. The van der Waals surface area contributed by atoms with E-state index in [0.29, 0.717) is 12.5 Å². The molecule has 5 heteroatoms. The zero-order valence-corrected chi connectivity index (χ0v) is 13.2. The highest BCUT2D eigenvalue weighted by atomic mass is 15.2. The molecule has 24 heavy (non-hydrogen) atoms. The summed E-state index contributed by atoms with van der Waals surface area (Å²) in [4.78, 5) is 9.50. The number of para-hydroxylation sites is 2. The van der Waals surface area contributed by atoms with Gasteiger partial charge in [0, 0.05) is 11.5 Å². The predicted molar refractivity (Wildman–Crippen MR) is 92.6 cm³/mol. The summed E-state index contributed by atoms with van der Waals surface area (Å²) < 4.78 is 2.28. The lowest BCUT2D eigenvalue weighted by Crippen LogP contribution is -2.05. The minimum atomic E-state index is 0.592. The maximum absolute atomic E-state index is 4.84. The summed E-state index contributed by atoms with van der Waals surface area (Å²) in [5.74, 6) is 3.37. The minimum absolute atomic E-state index is 0.592. The van der Waals surface area contributed by atoms with Gasteiger partial charge in [0.15, 0.2) is 5.82 Å². The Morgan fingerprint density at radius 1 is 0.958 bits per heavy atom. The average molecular weight is 315 g/mol. The van der Waals surface area contributed by atoms with Crippen LogP contribution in [0.1, 0.15) is 30.4 Å². The highest BCUT2D eigenvalue weighted by Crippen LogP contribution is 2.40. The Bertz CT molecular complexity index is 995. The van der Waals surface area contributed by atoms with Crippen molar-refractivity contribution in [2.45, 2.75) is 25.3 Å². The van der Waals surface area contributed by atoms with E-state index in [1.807, 2.05) is 36.4 Å². The molecule has 2 aromatic heterocycles. The molecule has 118 valence electrons. The number of aromatic nitrogens is 5. The molecule has 0 spiro atoms. The number of rotatable bonds is 4. The van der Waals surface area contributed by atoms with Gasteiger partial charge in [0.2, 0.25) is 0 Å². The van der Waals surface area contributed by atoms with E-state index in [1.54, 1.807) is 0 Å². The first kappa shape index (κ1) is 13.5. The van der Waals surface area contributed by atoms with Crippen LogP contribution in [-0.4, -0.2) is 24.7 Å². The monoisotopic (exact) mass is 315 g/mol. The summed E-state index contributed by atoms with van der Waals surface area (Å²) in [6, 6.07) is 18.3. The van der Waals surface area contributed by atoms with Crippen LogP contribution >= 0.6 is 0 Å². The van der Waals surface area contributed by atoms with Gasteiger partial charge in [-0.05, 0) is 25.0 Å². The van der Waals surface area contributed by atoms with Crippen LogP contribution in [0.3, 0.4) is 0 Å². The van der Waals surface area contributed by atoms with Crippen molar-refractivity contribution >= 4 is 11.0 Å². The van der Waals surface area contributed by atoms with Gasteiger partial charge in [-0.2, -0.15) is 5.10 Å². The van der Waals surface area contributed by atoms with Crippen LogP contribution < -0.4 is 0 Å². The first-order valence-electron chi connectivity index (χ1n) is 8.30. The summed E-state index contributed by atoms with van der Waals surface area (Å²) >= 11 is 0. The van der Waals surface area contributed by atoms with Crippen molar-refractivity contribution in [2.24, 2.45) is 0 Å². The first-order chi connectivity index (χ1) is 11.9. The van der Waals surface area contributed by atoms with Gasteiger partial charge < -0.3 is 4.57 Å². The van der Waals surface area contributed by atoms with Crippen molar-refractivity contribution in [1.29, 1.82) is 0 Å². The van der Waals surface area contributed by atoms with Crippen LogP contribution in [0.5, 0.6) is 0 Å². The Kier molecular flexibility index (Phi) is 2.98. The number of aromatic amines is 1. The number of benzene rings is 2. The molecule has 1 fully saturated rings. The lowest BCUT2D eigenvalue weighted by Gasteiger charge is -2.06. The molecule has 0 bridgehead atoms. The molecule has 4 aromatic rings. The molecule has 1 saturated carbocycles. The molecule has 1 N–H and O–H groups in total. The topological polar surface area (TPSA) is 59.4 Å². The Labute approximate surface area is 139 Å². The Morgan fingerprint density at radius 3 is 2.58 bits per heavy atom. The Hall–Kier alpha value is -2.95. The lowest BCUT2D eigenvalue weighted by molar-refractivity contribution is 0.713. The standard InChI is InChI=1S/C19H17N5/c1-2-6-13(7-3-1)18-21-17(22-23-18)12-24-16-9-5-4-8-15(16)20-19(24)14-10-11-14/h1-9,14H,10-12H2,(H,21,22,23). The van der Waals surface area contributed by atoms with Gasteiger partial charge in [0.1, 0.15) is 11.6 Å². The summed E-state index contributed by atoms with van der Waals surface area (Å²) in [6.07, 6.45) is 2.46. The summed E-state index contributed by atoms with van der Waals surface area (Å²) in [5, 5.41) is 7.45. The SMILES string of the molecule is c1ccc(-c2n[nH]c(Cn3c(C4CC4)nc4ccccc43)n2)cc1. The summed E-state index contributed by atoms with van der Waals surface area (Å²) in [6.45, 7) is 0.673. The predicted octanol–water partition coefficient (Wildman–Crippen LogP) is 3.75. The highest BCUT2D eigenvalue weighted by molar-refractivity contribution is 5.76. The smallest absolute Gasteiger partial charge is 0.181 e. The van der Waals surface area contributed by atoms with Crippen molar-refractivity contribution in [3.8, 4) is 11.4 Å². The van der Waals surface area contributed by atoms with Crippen molar-refractivity contribution in [2.75, 3.05) is 0 Å². The lowest BCUT2D eigenvalue weighted by atomic mass is 10.2. The average Bonchev–Trinajstić information content (AvgIpc) is 3.26. The van der Waals surface area contributed by atoms with E-state index >= 15 is 0 Å². The van der Waals surface area contributed by atoms with E-state index in [9.17, 15) is 0 Å². The molecule has 0 aliphatic heterocycles. The number of nitrogens with zero attached hydrogens (tertiary/aromatic N) is 4. The van der Waals surface area contributed by atoms with Crippen LogP contribution in [0, 0.1) is 0 Å². The van der Waals surface area contributed by atoms with Gasteiger partial charge in [-0.1, -0.05) is 42.5 Å².